The standard InChI is InChI=1S/C61H41BN2O/c1-61(2)49-36-52-57(65-56-26-14-25-54-59(56)62(52)51-23-13-22-47-45-20-11-12-24-53(45)64(54)60(47)51)35-48(49)58-46-21-10-9-19-44(46)55(37-50(58)61)63(42-31-27-40(28-32-42)38-15-5-3-6-16-38)43-33-29-41(30-34-43)39-17-7-4-8-18-39/h3-37H,1-2H3. The van der Waals surface area contributed by atoms with Crippen molar-refractivity contribution < 1.29 is 4.74 Å². The summed E-state index contributed by atoms with van der Waals surface area (Å²) < 4.78 is 9.56. The summed E-state index contributed by atoms with van der Waals surface area (Å²) in [5.41, 5.74) is 20.6. The van der Waals surface area contributed by atoms with E-state index in [1.165, 1.54) is 99.2 Å². The Hall–Kier alpha value is -8.08. The summed E-state index contributed by atoms with van der Waals surface area (Å²) in [5, 5.41) is 5.02. The van der Waals surface area contributed by atoms with Crippen LogP contribution in [0.15, 0.2) is 212 Å². The van der Waals surface area contributed by atoms with Crippen molar-refractivity contribution in [3.05, 3.63) is 223 Å². The Morgan fingerprint density at radius 2 is 1.05 bits per heavy atom. The third kappa shape index (κ3) is 5.14. The van der Waals surface area contributed by atoms with Crippen LogP contribution in [0.3, 0.4) is 0 Å². The Labute approximate surface area is 378 Å². The summed E-state index contributed by atoms with van der Waals surface area (Å²) >= 11 is 0. The molecule has 1 aliphatic carbocycles. The molecule has 0 saturated carbocycles. The number of rotatable bonds is 5. The molecule has 65 heavy (non-hydrogen) atoms. The lowest BCUT2D eigenvalue weighted by atomic mass is 9.34. The zero-order chi connectivity index (χ0) is 43.0. The lowest BCUT2D eigenvalue weighted by Crippen LogP contribution is -2.58. The highest BCUT2D eigenvalue weighted by Crippen LogP contribution is 2.55. The lowest BCUT2D eigenvalue weighted by molar-refractivity contribution is 0.487. The Kier molecular flexibility index (Phi) is 7.54. The minimum Gasteiger partial charge on any atom is -0.458 e. The summed E-state index contributed by atoms with van der Waals surface area (Å²) in [6, 6.07) is 78.0. The van der Waals surface area contributed by atoms with Crippen LogP contribution in [0.25, 0.3) is 71.6 Å². The molecule has 0 saturated heterocycles. The molecule has 4 heteroatoms. The molecule has 11 aromatic rings. The van der Waals surface area contributed by atoms with Gasteiger partial charge in [-0.3, -0.25) is 0 Å². The van der Waals surface area contributed by atoms with Crippen molar-refractivity contribution in [1.29, 1.82) is 0 Å². The van der Waals surface area contributed by atoms with Gasteiger partial charge in [0.05, 0.1) is 11.2 Å². The van der Waals surface area contributed by atoms with Gasteiger partial charge in [-0.15, -0.1) is 0 Å². The van der Waals surface area contributed by atoms with Crippen molar-refractivity contribution >= 4 is 72.7 Å². The number of hydrogen-bond donors (Lipinski definition) is 0. The van der Waals surface area contributed by atoms with E-state index in [1.54, 1.807) is 0 Å². The predicted octanol–water partition coefficient (Wildman–Crippen LogP) is 14.0. The molecule has 0 spiro atoms. The molecule has 0 bridgehead atoms. The fourth-order valence-corrected chi connectivity index (χ4v) is 11.6. The van der Waals surface area contributed by atoms with Crippen LogP contribution in [0, 0.1) is 0 Å². The summed E-state index contributed by atoms with van der Waals surface area (Å²) in [6.07, 6.45) is 0. The van der Waals surface area contributed by atoms with E-state index in [0.717, 1.165) is 28.6 Å². The Morgan fingerprint density at radius 1 is 0.462 bits per heavy atom. The van der Waals surface area contributed by atoms with Gasteiger partial charge in [-0.05, 0) is 121 Å². The molecule has 10 aromatic carbocycles. The quantitative estimate of drug-likeness (QED) is 0.161. The minimum atomic E-state index is -0.312. The van der Waals surface area contributed by atoms with Gasteiger partial charge >= 0.3 is 0 Å². The molecular formula is C61H41BN2O. The third-order valence-electron chi connectivity index (χ3n) is 14.6. The first-order valence-corrected chi connectivity index (χ1v) is 22.7. The summed E-state index contributed by atoms with van der Waals surface area (Å²) in [7, 11) is 0. The van der Waals surface area contributed by atoms with Crippen LogP contribution in [0.1, 0.15) is 25.0 Å². The molecule has 0 amide bonds. The van der Waals surface area contributed by atoms with Crippen LogP contribution in [0.2, 0.25) is 0 Å². The van der Waals surface area contributed by atoms with Gasteiger partial charge in [0.1, 0.15) is 11.5 Å². The first-order valence-electron chi connectivity index (χ1n) is 22.7. The monoisotopic (exact) mass is 828 g/mol. The highest BCUT2D eigenvalue weighted by atomic mass is 16.5. The largest absolute Gasteiger partial charge is 0.458 e. The number of nitrogens with zero attached hydrogens (tertiary/aromatic N) is 2. The fraction of sp³-hybridized carbons (Fsp3) is 0.0492. The normalized spacial score (nSPS) is 13.6. The van der Waals surface area contributed by atoms with Gasteiger partial charge in [0.15, 0.2) is 0 Å². The molecule has 0 radical (unpaired) electrons. The second-order valence-electron chi connectivity index (χ2n) is 18.4. The van der Waals surface area contributed by atoms with E-state index < -0.39 is 0 Å². The number of ether oxygens (including phenoxy) is 1. The molecule has 1 aromatic heterocycles. The zero-order valence-electron chi connectivity index (χ0n) is 36.1. The highest BCUT2D eigenvalue weighted by molar-refractivity contribution is 6.99. The van der Waals surface area contributed by atoms with E-state index in [9.17, 15) is 0 Å². The van der Waals surface area contributed by atoms with Crippen molar-refractivity contribution in [3.8, 4) is 50.6 Å². The Bertz CT molecular complexity index is 3670. The lowest BCUT2D eigenvalue weighted by Gasteiger charge is -2.34. The molecule has 3 aliphatic rings. The third-order valence-corrected chi connectivity index (χ3v) is 14.6. The average Bonchev–Trinajstić information content (AvgIpc) is 3.81. The smallest absolute Gasteiger partial charge is 0.256 e. The second-order valence-corrected chi connectivity index (χ2v) is 18.4. The van der Waals surface area contributed by atoms with Crippen molar-refractivity contribution in [1.82, 2.24) is 4.57 Å². The van der Waals surface area contributed by atoms with E-state index in [-0.39, 0.29) is 12.1 Å². The summed E-state index contributed by atoms with van der Waals surface area (Å²) in [6.45, 7) is 4.87. The summed E-state index contributed by atoms with van der Waals surface area (Å²) in [4.78, 5) is 2.46. The van der Waals surface area contributed by atoms with Crippen molar-refractivity contribution in [3.63, 3.8) is 0 Å². The van der Waals surface area contributed by atoms with E-state index in [2.05, 4.69) is 236 Å². The second kappa shape index (κ2) is 13.5. The van der Waals surface area contributed by atoms with Crippen molar-refractivity contribution in [2.24, 2.45) is 0 Å². The van der Waals surface area contributed by atoms with Gasteiger partial charge in [-0.25, -0.2) is 0 Å². The van der Waals surface area contributed by atoms with E-state index in [1.807, 2.05) is 0 Å². The van der Waals surface area contributed by atoms with Gasteiger partial charge in [-0.2, -0.15) is 0 Å². The molecule has 2 aliphatic heterocycles. The van der Waals surface area contributed by atoms with E-state index in [4.69, 9.17) is 4.74 Å². The number of para-hydroxylation sites is 2. The molecule has 0 atom stereocenters. The van der Waals surface area contributed by atoms with Gasteiger partial charge in [0, 0.05) is 44.2 Å². The minimum absolute atomic E-state index is 0.0378. The van der Waals surface area contributed by atoms with Crippen LogP contribution in [0.5, 0.6) is 11.5 Å². The maximum absolute atomic E-state index is 7.08. The Balaban J connectivity index is 0.966. The van der Waals surface area contributed by atoms with Gasteiger partial charge in [-0.1, -0.05) is 172 Å². The number of anilines is 3. The molecule has 0 fully saturated rings. The number of fused-ring (bicyclic) bond motifs is 12. The average molecular weight is 829 g/mol. The molecule has 3 nitrogen and oxygen atoms in total. The molecule has 14 rings (SSSR count). The maximum Gasteiger partial charge on any atom is 0.256 e. The zero-order valence-corrected chi connectivity index (χ0v) is 36.1. The number of benzene rings is 10. The SMILES string of the molecule is CC1(C)c2cc3c(cc2-c2c1cc(N(c1ccc(-c4ccccc4)cc1)c1ccc(-c4ccccc4)cc1)c1ccccc21)Oc1cccc2c1B3c1cccc3c4ccccc4n-2c13. The number of hydrogen-bond acceptors (Lipinski definition) is 2. The fourth-order valence-electron chi connectivity index (χ4n) is 11.6. The maximum atomic E-state index is 7.08. The summed E-state index contributed by atoms with van der Waals surface area (Å²) in [5.74, 6) is 1.88. The Morgan fingerprint density at radius 3 is 1.74 bits per heavy atom. The first kappa shape index (κ1) is 36.4. The van der Waals surface area contributed by atoms with Crippen LogP contribution in [0.4, 0.5) is 17.1 Å². The van der Waals surface area contributed by atoms with Gasteiger partial charge < -0.3 is 14.2 Å². The van der Waals surface area contributed by atoms with Crippen molar-refractivity contribution in [2.45, 2.75) is 19.3 Å². The number of aromatic nitrogens is 1. The highest BCUT2D eigenvalue weighted by Gasteiger charge is 2.44. The van der Waals surface area contributed by atoms with Crippen molar-refractivity contribution in [2.75, 3.05) is 4.90 Å². The van der Waals surface area contributed by atoms with Gasteiger partial charge in [0.2, 0.25) is 0 Å². The van der Waals surface area contributed by atoms with Crippen LogP contribution >= 0.6 is 0 Å². The predicted molar refractivity (Wildman–Crippen MR) is 273 cm³/mol. The molecular weight excluding hydrogens is 787 g/mol. The van der Waals surface area contributed by atoms with E-state index in [0.29, 0.717) is 0 Å². The van der Waals surface area contributed by atoms with Crippen LogP contribution in [-0.4, -0.2) is 11.3 Å². The topological polar surface area (TPSA) is 17.4 Å². The molecule has 0 N–H and O–H groups in total. The molecule has 304 valence electrons. The molecule has 0 unspecified atom stereocenters. The van der Waals surface area contributed by atoms with E-state index >= 15 is 0 Å². The van der Waals surface area contributed by atoms with Crippen LogP contribution in [-0.2, 0) is 5.41 Å². The van der Waals surface area contributed by atoms with Gasteiger partial charge in [0.25, 0.3) is 6.71 Å². The van der Waals surface area contributed by atoms with Crippen LogP contribution < -0.4 is 26.0 Å². The molecule has 3 heterocycles. The first-order chi connectivity index (χ1) is 32.0.